The minimum absolute atomic E-state index is 0.0409. The lowest BCUT2D eigenvalue weighted by Crippen LogP contribution is -2.28. The zero-order valence-corrected chi connectivity index (χ0v) is 16.8. The zero-order valence-electron chi connectivity index (χ0n) is 15.3. The normalized spacial score (nSPS) is 11.2. The van der Waals surface area contributed by atoms with Crippen LogP contribution in [0.5, 0.6) is 0 Å². The third-order valence-corrected chi connectivity index (χ3v) is 6.72. The molecule has 0 atom stereocenters. The minimum atomic E-state index is -3.97. The largest absolute Gasteiger partial charge is 0.478 e. The van der Waals surface area contributed by atoms with Gasteiger partial charge < -0.3 is 5.11 Å². The average Bonchev–Trinajstić information content (AvgIpc) is 2.67. The molecule has 144 valence electrons. The number of hydrogen-bond acceptors (Lipinski definition) is 3. The van der Waals surface area contributed by atoms with Crippen molar-refractivity contribution in [3.63, 3.8) is 0 Å². The number of aromatic carboxylic acids is 1. The smallest absolute Gasteiger partial charge is 0.335 e. The molecule has 0 saturated heterocycles. The Hall–Kier alpha value is -2.83. The summed E-state index contributed by atoms with van der Waals surface area (Å²) in [5.74, 6) is -1.17. The predicted octanol–water partition coefficient (Wildman–Crippen LogP) is 4.84. The summed E-state index contributed by atoms with van der Waals surface area (Å²) in [7, 11) is -2.52. The molecule has 3 rings (SSSR count). The summed E-state index contributed by atoms with van der Waals surface area (Å²) in [4.78, 5) is 11.3. The van der Waals surface area contributed by atoms with Crippen molar-refractivity contribution in [3.05, 3.63) is 82.9 Å². The van der Waals surface area contributed by atoms with Crippen LogP contribution in [0.15, 0.2) is 71.6 Å². The molecule has 0 saturated carbocycles. The van der Waals surface area contributed by atoms with Gasteiger partial charge >= 0.3 is 5.97 Å². The van der Waals surface area contributed by atoms with Crippen LogP contribution >= 0.6 is 11.6 Å². The van der Waals surface area contributed by atoms with Gasteiger partial charge in [0.15, 0.2) is 0 Å². The Morgan fingerprint density at radius 3 is 2.25 bits per heavy atom. The summed E-state index contributed by atoms with van der Waals surface area (Å²) < 4.78 is 27.7. The van der Waals surface area contributed by atoms with Gasteiger partial charge in [-0.1, -0.05) is 48.0 Å². The van der Waals surface area contributed by atoms with Gasteiger partial charge in [-0.05, 0) is 48.4 Å². The maximum atomic E-state index is 13.3. The summed E-state index contributed by atoms with van der Waals surface area (Å²) in [5, 5.41) is 9.89. The van der Waals surface area contributed by atoms with Crippen molar-refractivity contribution in [2.24, 2.45) is 0 Å². The van der Waals surface area contributed by atoms with Crippen molar-refractivity contribution in [2.75, 3.05) is 11.4 Å². The van der Waals surface area contributed by atoms with Crippen molar-refractivity contribution in [1.29, 1.82) is 0 Å². The van der Waals surface area contributed by atoms with Crippen LogP contribution in [-0.2, 0) is 10.0 Å². The number of halogens is 1. The first-order chi connectivity index (χ1) is 13.2. The van der Waals surface area contributed by atoms with E-state index in [1.54, 1.807) is 24.3 Å². The second-order valence-electron chi connectivity index (χ2n) is 6.23. The summed E-state index contributed by atoms with van der Waals surface area (Å²) in [6, 6.07) is 18.5. The van der Waals surface area contributed by atoms with Gasteiger partial charge in [0.2, 0.25) is 0 Å². The third-order valence-electron chi connectivity index (χ3n) is 4.55. The Bertz CT molecular complexity index is 1140. The molecule has 0 amide bonds. The van der Waals surface area contributed by atoms with Gasteiger partial charge in [-0.3, -0.25) is 4.31 Å². The van der Waals surface area contributed by atoms with E-state index in [-0.39, 0.29) is 16.0 Å². The minimum Gasteiger partial charge on any atom is -0.478 e. The van der Waals surface area contributed by atoms with E-state index in [2.05, 4.69) is 0 Å². The van der Waals surface area contributed by atoms with E-state index in [1.807, 2.05) is 24.3 Å². The molecule has 0 heterocycles. The van der Waals surface area contributed by atoms with Crippen molar-refractivity contribution in [2.45, 2.75) is 11.8 Å². The maximum Gasteiger partial charge on any atom is 0.335 e. The second kappa shape index (κ2) is 7.66. The number of nitrogens with zero attached hydrogens (tertiary/aromatic N) is 1. The summed E-state index contributed by atoms with van der Waals surface area (Å²) in [6.07, 6.45) is 0. The standard InChI is InChI=1S/C21H18ClNO4S/c1-14-17(21(24)25)7-5-9-20(14)28(26,27)23(2)19-8-4-3-6-18(19)15-10-12-16(22)13-11-15/h3-13H,1-2H3,(H,24,25). The maximum absolute atomic E-state index is 13.3. The lowest BCUT2D eigenvalue weighted by atomic mass is 10.0. The van der Waals surface area contributed by atoms with Crippen molar-refractivity contribution < 1.29 is 18.3 Å². The first-order valence-corrected chi connectivity index (χ1v) is 10.2. The number of carbonyl (C=O) groups is 1. The fraction of sp³-hybridized carbons (Fsp3) is 0.0952. The molecule has 0 radical (unpaired) electrons. The fourth-order valence-electron chi connectivity index (χ4n) is 3.02. The topological polar surface area (TPSA) is 74.7 Å². The van der Waals surface area contributed by atoms with Crippen LogP contribution in [0.3, 0.4) is 0 Å². The SMILES string of the molecule is Cc1c(C(=O)O)cccc1S(=O)(=O)N(C)c1ccccc1-c1ccc(Cl)cc1. The third kappa shape index (κ3) is 3.61. The Balaban J connectivity index is 2.13. The highest BCUT2D eigenvalue weighted by Crippen LogP contribution is 2.34. The number of benzene rings is 3. The molecule has 3 aromatic rings. The number of para-hydroxylation sites is 1. The van der Waals surface area contributed by atoms with Crippen molar-refractivity contribution in [3.8, 4) is 11.1 Å². The Morgan fingerprint density at radius 2 is 1.61 bits per heavy atom. The van der Waals surface area contributed by atoms with Crippen LogP contribution in [0.2, 0.25) is 5.02 Å². The monoisotopic (exact) mass is 415 g/mol. The van der Waals surface area contributed by atoms with Gasteiger partial charge in [0, 0.05) is 17.6 Å². The molecule has 28 heavy (non-hydrogen) atoms. The fourth-order valence-corrected chi connectivity index (χ4v) is 4.61. The number of carboxylic acid groups (broad SMARTS) is 1. The van der Waals surface area contributed by atoms with E-state index in [1.165, 1.54) is 36.5 Å². The molecule has 0 bridgehead atoms. The first-order valence-electron chi connectivity index (χ1n) is 8.40. The molecule has 0 aliphatic heterocycles. The van der Waals surface area contributed by atoms with Gasteiger partial charge in [-0.25, -0.2) is 13.2 Å². The van der Waals surface area contributed by atoms with E-state index in [4.69, 9.17) is 11.6 Å². The number of rotatable bonds is 5. The molecular weight excluding hydrogens is 398 g/mol. The number of sulfonamides is 1. The van der Waals surface area contributed by atoms with E-state index in [0.717, 1.165) is 11.1 Å². The summed E-state index contributed by atoms with van der Waals surface area (Å²) >= 11 is 5.96. The van der Waals surface area contributed by atoms with Crippen molar-refractivity contribution >= 4 is 33.3 Å². The molecule has 0 unspecified atom stereocenters. The quantitative estimate of drug-likeness (QED) is 0.647. The van der Waals surface area contributed by atoms with E-state index in [9.17, 15) is 18.3 Å². The van der Waals surface area contributed by atoms with Crippen LogP contribution in [0, 0.1) is 6.92 Å². The number of anilines is 1. The number of hydrogen-bond donors (Lipinski definition) is 1. The van der Waals surface area contributed by atoms with E-state index < -0.39 is 16.0 Å². The Kier molecular flexibility index (Phi) is 5.45. The predicted molar refractivity (Wildman–Crippen MR) is 111 cm³/mol. The summed E-state index contributed by atoms with van der Waals surface area (Å²) in [5.41, 5.74) is 2.17. The van der Waals surface area contributed by atoms with Crippen LogP contribution in [0.1, 0.15) is 15.9 Å². The lowest BCUT2D eigenvalue weighted by Gasteiger charge is -2.23. The van der Waals surface area contributed by atoms with Crippen LogP contribution in [0.4, 0.5) is 5.69 Å². The van der Waals surface area contributed by atoms with Crippen molar-refractivity contribution in [1.82, 2.24) is 0 Å². The van der Waals surface area contributed by atoms with Gasteiger partial charge in [-0.15, -0.1) is 0 Å². The molecule has 7 heteroatoms. The first kappa shape index (κ1) is 19.9. The number of carboxylic acids is 1. The molecule has 5 nitrogen and oxygen atoms in total. The highest BCUT2D eigenvalue weighted by Gasteiger charge is 2.27. The van der Waals surface area contributed by atoms with E-state index >= 15 is 0 Å². The Morgan fingerprint density at radius 1 is 0.964 bits per heavy atom. The zero-order chi connectivity index (χ0) is 20.5. The molecule has 0 aliphatic carbocycles. The Labute approximate surface area is 168 Å². The van der Waals surface area contributed by atoms with Crippen LogP contribution < -0.4 is 4.31 Å². The molecular formula is C21H18ClNO4S. The van der Waals surface area contributed by atoms with Gasteiger partial charge in [0.1, 0.15) is 0 Å². The van der Waals surface area contributed by atoms with Gasteiger partial charge in [0.25, 0.3) is 10.0 Å². The summed E-state index contributed by atoms with van der Waals surface area (Å²) in [6.45, 7) is 1.50. The molecule has 0 spiro atoms. The molecule has 1 N–H and O–H groups in total. The van der Waals surface area contributed by atoms with Gasteiger partial charge in [-0.2, -0.15) is 0 Å². The highest BCUT2D eigenvalue weighted by molar-refractivity contribution is 7.92. The lowest BCUT2D eigenvalue weighted by molar-refractivity contribution is 0.0696. The van der Waals surface area contributed by atoms with Gasteiger partial charge in [0.05, 0.1) is 16.1 Å². The van der Waals surface area contributed by atoms with Crippen LogP contribution in [0.25, 0.3) is 11.1 Å². The molecule has 0 fully saturated rings. The highest BCUT2D eigenvalue weighted by atomic mass is 35.5. The van der Waals surface area contributed by atoms with E-state index in [0.29, 0.717) is 10.7 Å². The second-order valence-corrected chi connectivity index (χ2v) is 8.60. The average molecular weight is 416 g/mol. The molecule has 3 aromatic carbocycles. The molecule has 0 aromatic heterocycles. The molecule has 0 aliphatic rings. The van der Waals surface area contributed by atoms with Crippen LogP contribution in [-0.4, -0.2) is 26.5 Å².